The second kappa shape index (κ2) is 13.1. The largest absolute Gasteiger partial charge is 0.488 e. The summed E-state index contributed by atoms with van der Waals surface area (Å²) >= 11 is 17.1. The van der Waals surface area contributed by atoms with Crippen LogP contribution in [0.1, 0.15) is 11.1 Å². The van der Waals surface area contributed by atoms with Crippen LogP contribution in [0, 0.1) is 13.8 Å². The first-order chi connectivity index (χ1) is 15.3. The number of halogens is 3. The molecule has 0 atom stereocenters. The highest BCUT2D eigenvalue weighted by Crippen LogP contribution is 2.23. The van der Waals surface area contributed by atoms with Crippen molar-refractivity contribution in [1.82, 2.24) is 19.9 Å². The van der Waals surface area contributed by atoms with E-state index in [1.165, 1.54) is 12.7 Å². The van der Waals surface area contributed by atoms with Crippen LogP contribution in [0.25, 0.3) is 11.3 Å². The van der Waals surface area contributed by atoms with Crippen molar-refractivity contribution in [2.45, 2.75) is 13.8 Å². The van der Waals surface area contributed by atoms with Gasteiger partial charge in [-0.25, -0.2) is 19.9 Å². The van der Waals surface area contributed by atoms with E-state index in [4.69, 9.17) is 44.9 Å². The molecule has 0 amide bonds. The zero-order valence-corrected chi connectivity index (χ0v) is 19.6. The summed E-state index contributed by atoms with van der Waals surface area (Å²) in [5, 5.41) is 18.5. The summed E-state index contributed by atoms with van der Waals surface area (Å²) < 4.78 is 0. The Kier molecular flexibility index (Phi) is 10.5. The van der Waals surface area contributed by atoms with Crippen LogP contribution in [0.15, 0.2) is 73.3 Å². The Labute approximate surface area is 202 Å². The summed E-state index contributed by atoms with van der Waals surface area (Å²) in [5.74, 6) is 0. The molecule has 0 aliphatic heterocycles. The van der Waals surface area contributed by atoms with Crippen LogP contribution in [-0.4, -0.2) is 37.1 Å². The molecule has 4 rings (SSSR count). The number of rotatable bonds is 2. The second-order valence-electron chi connectivity index (χ2n) is 6.37. The highest BCUT2D eigenvalue weighted by molar-refractivity contribution is 6.58. The van der Waals surface area contributed by atoms with Gasteiger partial charge >= 0.3 is 7.12 Å². The normalized spacial score (nSPS) is 9.72. The van der Waals surface area contributed by atoms with E-state index in [0.717, 1.165) is 22.4 Å². The van der Waals surface area contributed by atoms with E-state index in [-0.39, 0.29) is 0 Å². The summed E-state index contributed by atoms with van der Waals surface area (Å²) in [6.07, 6.45) is 2.81. The molecule has 0 aliphatic rings. The average molecular weight is 490 g/mol. The molecule has 10 heteroatoms. The van der Waals surface area contributed by atoms with Crippen molar-refractivity contribution in [3.63, 3.8) is 0 Å². The molecule has 2 aromatic carbocycles. The van der Waals surface area contributed by atoms with Crippen molar-refractivity contribution in [3.8, 4) is 11.3 Å². The van der Waals surface area contributed by atoms with Gasteiger partial charge in [0.15, 0.2) is 0 Å². The monoisotopic (exact) mass is 488 g/mol. The quantitative estimate of drug-likeness (QED) is 0.317. The first-order valence-corrected chi connectivity index (χ1v) is 10.5. The molecule has 0 radical (unpaired) electrons. The average Bonchev–Trinajstić information content (AvgIpc) is 2.81. The molecule has 32 heavy (non-hydrogen) atoms. The van der Waals surface area contributed by atoms with Gasteiger partial charge in [0, 0.05) is 16.7 Å². The molecule has 0 fully saturated rings. The maximum atomic E-state index is 8.58. The fraction of sp³-hybridized carbons (Fsp3) is 0.0909. The molecule has 0 bridgehead atoms. The molecule has 0 aliphatic carbocycles. The van der Waals surface area contributed by atoms with Crippen LogP contribution < -0.4 is 5.46 Å². The van der Waals surface area contributed by atoms with Crippen molar-refractivity contribution in [2.75, 3.05) is 0 Å². The molecule has 0 saturated heterocycles. The van der Waals surface area contributed by atoms with Crippen LogP contribution in [0.5, 0.6) is 0 Å². The van der Waals surface area contributed by atoms with Crippen LogP contribution in [0.2, 0.25) is 15.5 Å². The highest BCUT2D eigenvalue weighted by Gasteiger charge is 2.07. The maximum absolute atomic E-state index is 8.58. The molecule has 2 aromatic heterocycles. The minimum atomic E-state index is -1.34. The standard InChI is InChI=1S/C11H9ClN2.C6H7BO2.C5H4Cl2N2/c1-8-10(13-7-14-11(8)12)9-5-3-2-4-6-9;8-7(9)6-4-2-1-3-5-6;1-3-4(6)8-2-9-5(3)7/h2-7H,1H3;1-5,8-9H;2H,1H3. The lowest BCUT2D eigenvalue weighted by atomic mass is 9.81. The Hall–Kier alpha value is -2.55. The van der Waals surface area contributed by atoms with Gasteiger partial charge in [-0.15, -0.1) is 0 Å². The highest BCUT2D eigenvalue weighted by atomic mass is 35.5. The van der Waals surface area contributed by atoms with E-state index in [1.807, 2.05) is 43.3 Å². The SMILES string of the molecule is Cc1c(Cl)ncnc1-c1ccccc1.Cc1c(Cl)ncnc1Cl.OB(O)c1ccccc1. The third-order valence-corrected chi connectivity index (χ3v) is 5.27. The molecule has 0 saturated carbocycles. The fourth-order valence-electron chi connectivity index (χ4n) is 2.35. The van der Waals surface area contributed by atoms with Gasteiger partial charge in [0.1, 0.15) is 28.1 Å². The van der Waals surface area contributed by atoms with Gasteiger partial charge in [0.2, 0.25) is 0 Å². The van der Waals surface area contributed by atoms with Crippen molar-refractivity contribution < 1.29 is 10.0 Å². The van der Waals surface area contributed by atoms with Gasteiger partial charge in [0.05, 0.1) is 5.69 Å². The van der Waals surface area contributed by atoms with Gasteiger partial charge in [-0.2, -0.15) is 0 Å². The van der Waals surface area contributed by atoms with E-state index in [1.54, 1.807) is 31.2 Å². The van der Waals surface area contributed by atoms with Gasteiger partial charge in [-0.05, 0) is 19.3 Å². The number of benzene rings is 2. The van der Waals surface area contributed by atoms with Crippen LogP contribution >= 0.6 is 34.8 Å². The molecular weight excluding hydrogens is 469 g/mol. The Morgan fingerprint density at radius 1 is 0.625 bits per heavy atom. The lowest BCUT2D eigenvalue weighted by Crippen LogP contribution is -2.29. The van der Waals surface area contributed by atoms with Crippen molar-refractivity contribution in [3.05, 3.63) is 99.9 Å². The Morgan fingerprint density at radius 2 is 1.06 bits per heavy atom. The van der Waals surface area contributed by atoms with E-state index < -0.39 is 7.12 Å². The third-order valence-electron chi connectivity index (χ3n) is 4.13. The number of hydrogen-bond acceptors (Lipinski definition) is 6. The van der Waals surface area contributed by atoms with E-state index >= 15 is 0 Å². The van der Waals surface area contributed by atoms with Gasteiger partial charge in [0.25, 0.3) is 0 Å². The lowest BCUT2D eigenvalue weighted by Gasteiger charge is -2.04. The van der Waals surface area contributed by atoms with Gasteiger partial charge < -0.3 is 10.0 Å². The summed E-state index contributed by atoms with van der Waals surface area (Å²) in [5.41, 5.74) is 4.12. The number of hydrogen-bond donors (Lipinski definition) is 2. The predicted octanol–water partition coefficient (Wildman–Crippen LogP) is 4.56. The maximum Gasteiger partial charge on any atom is 0.488 e. The number of aromatic nitrogens is 4. The Morgan fingerprint density at radius 3 is 1.50 bits per heavy atom. The summed E-state index contributed by atoms with van der Waals surface area (Å²) in [6.45, 7) is 3.69. The molecule has 2 N–H and O–H groups in total. The number of nitrogens with zero attached hydrogens (tertiary/aromatic N) is 4. The first kappa shape index (κ1) is 25.7. The Bertz CT molecular complexity index is 1100. The van der Waals surface area contributed by atoms with Gasteiger partial charge in [-0.1, -0.05) is 95.5 Å². The predicted molar refractivity (Wildman–Crippen MR) is 130 cm³/mol. The van der Waals surface area contributed by atoms with E-state index in [0.29, 0.717) is 20.9 Å². The summed E-state index contributed by atoms with van der Waals surface area (Å²) in [4.78, 5) is 15.6. The zero-order valence-electron chi connectivity index (χ0n) is 17.3. The minimum Gasteiger partial charge on any atom is -0.423 e. The first-order valence-electron chi connectivity index (χ1n) is 9.37. The van der Waals surface area contributed by atoms with Crippen molar-refractivity contribution in [2.24, 2.45) is 0 Å². The van der Waals surface area contributed by atoms with Crippen LogP contribution in [-0.2, 0) is 0 Å². The molecule has 0 spiro atoms. The molecule has 0 unspecified atom stereocenters. The molecule has 4 aromatic rings. The summed E-state index contributed by atoms with van der Waals surface area (Å²) in [6, 6.07) is 18.6. The van der Waals surface area contributed by atoms with E-state index in [9.17, 15) is 0 Å². The molecule has 6 nitrogen and oxygen atoms in total. The van der Waals surface area contributed by atoms with Crippen LogP contribution in [0.3, 0.4) is 0 Å². The zero-order chi connectivity index (χ0) is 23.5. The topological polar surface area (TPSA) is 92.0 Å². The van der Waals surface area contributed by atoms with Crippen molar-refractivity contribution in [1.29, 1.82) is 0 Å². The molecule has 164 valence electrons. The smallest absolute Gasteiger partial charge is 0.423 e. The van der Waals surface area contributed by atoms with E-state index in [2.05, 4.69) is 19.9 Å². The second-order valence-corrected chi connectivity index (χ2v) is 7.44. The van der Waals surface area contributed by atoms with Crippen molar-refractivity contribution >= 4 is 47.4 Å². The van der Waals surface area contributed by atoms with Crippen LogP contribution in [0.4, 0.5) is 0 Å². The minimum absolute atomic E-state index is 0.412. The third kappa shape index (κ3) is 7.86. The summed E-state index contributed by atoms with van der Waals surface area (Å²) in [7, 11) is -1.34. The Balaban J connectivity index is 0.000000178. The fourth-order valence-corrected chi connectivity index (χ4v) is 2.80. The molecule has 2 heterocycles. The van der Waals surface area contributed by atoms with Gasteiger partial charge in [-0.3, -0.25) is 0 Å². The molecular formula is C22H20BCl3N4O2. The lowest BCUT2D eigenvalue weighted by molar-refractivity contribution is 0.426.